The summed E-state index contributed by atoms with van der Waals surface area (Å²) in [5.41, 5.74) is 0.968. The number of imidazole rings is 1. The Morgan fingerprint density at radius 2 is 2.11 bits per heavy atom. The summed E-state index contributed by atoms with van der Waals surface area (Å²) in [4.78, 5) is 11.7. The van der Waals surface area contributed by atoms with Crippen LogP contribution < -0.4 is 5.69 Å². The molecule has 4 nitrogen and oxygen atoms in total. The Balaban J connectivity index is 2.32. The average molecular weight is 260 g/mol. The summed E-state index contributed by atoms with van der Waals surface area (Å²) in [5.74, 6) is 4.70. The van der Waals surface area contributed by atoms with Crippen molar-refractivity contribution >= 4 is 0 Å². The molecule has 1 heterocycles. The van der Waals surface area contributed by atoms with Crippen LogP contribution in [0.3, 0.4) is 0 Å². The minimum Gasteiger partial charge on any atom is -0.384 e. The zero-order valence-electron chi connectivity index (χ0n) is 10.4. The van der Waals surface area contributed by atoms with Crippen molar-refractivity contribution in [2.75, 3.05) is 6.61 Å². The van der Waals surface area contributed by atoms with Gasteiger partial charge in [-0.2, -0.15) is 0 Å². The van der Waals surface area contributed by atoms with Crippen molar-refractivity contribution in [3.63, 3.8) is 0 Å². The highest BCUT2D eigenvalue weighted by Crippen LogP contribution is 2.09. The molecule has 0 atom stereocenters. The number of aliphatic hydroxyl groups is 1. The number of rotatable bonds is 2. The van der Waals surface area contributed by atoms with E-state index in [-0.39, 0.29) is 18.8 Å². The van der Waals surface area contributed by atoms with Gasteiger partial charge in [-0.25, -0.2) is 9.18 Å². The van der Waals surface area contributed by atoms with E-state index in [2.05, 4.69) is 11.8 Å². The van der Waals surface area contributed by atoms with Crippen LogP contribution >= 0.6 is 0 Å². The summed E-state index contributed by atoms with van der Waals surface area (Å²) >= 11 is 0. The summed E-state index contributed by atoms with van der Waals surface area (Å²) in [6.45, 7) is 0.00916. The second-order valence-electron chi connectivity index (χ2n) is 4.13. The molecule has 2 aromatic rings. The minimum absolute atomic E-state index is 0.160. The van der Waals surface area contributed by atoms with E-state index in [1.54, 1.807) is 25.5 Å². The van der Waals surface area contributed by atoms with E-state index in [1.807, 2.05) is 0 Å². The Morgan fingerprint density at radius 3 is 2.74 bits per heavy atom. The summed E-state index contributed by atoms with van der Waals surface area (Å²) in [6.07, 6.45) is 3.29. The van der Waals surface area contributed by atoms with Gasteiger partial charge in [-0.3, -0.25) is 4.57 Å². The SMILES string of the molecule is Cn1ccn(Cc2cc(F)cc(C#CCO)c2)c1=O. The molecule has 1 aromatic heterocycles. The molecular formula is C14H13FN2O2. The lowest BCUT2D eigenvalue weighted by atomic mass is 10.1. The number of aromatic nitrogens is 2. The molecule has 0 unspecified atom stereocenters. The first-order valence-corrected chi connectivity index (χ1v) is 5.71. The summed E-state index contributed by atoms with van der Waals surface area (Å²) in [5, 5.41) is 8.62. The number of halogens is 1. The quantitative estimate of drug-likeness (QED) is 0.809. The van der Waals surface area contributed by atoms with Crippen LogP contribution in [0.4, 0.5) is 4.39 Å². The molecule has 0 amide bonds. The predicted octanol–water partition coefficient (Wildman–Crippen LogP) is 0.718. The molecule has 1 aromatic carbocycles. The number of aliphatic hydroxyl groups excluding tert-OH is 1. The van der Waals surface area contributed by atoms with Gasteiger partial charge in [0.25, 0.3) is 0 Å². The van der Waals surface area contributed by atoms with Crippen molar-refractivity contribution in [1.82, 2.24) is 9.13 Å². The van der Waals surface area contributed by atoms with Crippen LogP contribution in [0.15, 0.2) is 35.4 Å². The molecule has 2 rings (SSSR count). The van der Waals surface area contributed by atoms with E-state index in [4.69, 9.17) is 5.11 Å². The van der Waals surface area contributed by atoms with Gasteiger partial charge >= 0.3 is 5.69 Å². The Morgan fingerprint density at radius 1 is 1.32 bits per heavy atom. The molecule has 0 bridgehead atoms. The first-order valence-electron chi connectivity index (χ1n) is 5.71. The predicted molar refractivity (Wildman–Crippen MR) is 69.1 cm³/mol. The fraction of sp³-hybridized carbons (Fsp3) is 0.214. The topological polar surface area (TPSA) is 47.2 Å². The van der Waals surface area contributed by atoms with E-state index in [9.17, 15) is 9.18 Å². The molecule has 19 heavy (non-hydrogen) atoms. The summed E-state index contributed by atoms with van der Waals surface area (Å²) < 4.78 is 16.4. The first-order chi connectivity index (χ1) is 9.10. The van der Waals surface area contributed by atoms with E-state index in [0.717, 1.165) is 0 Å². The molecular weight excluding hydrogens is 247 g/mol. The molecule has 0 fully saturated rings. The minimum atomic E-state index is -0.413. The number of nitrogens with zero attached hydrogens (tertiary/aromatic N) is 2. The highest BCUT2D eigenvalue weighted by atomic mass is 19.1. The normalized spacial score (nSPS) is 10.1. The first kappa shape index (κ1) is 13.1. The molecule has 98 valence electrons. The van der Waals surface area contributed by atoms with Gasteiger partial charge in [0.15, 0.2) is 0 Å². The van der Waals surface area contributed by atoms with Crippen LogP contribution in [0.2, 0.25) is 0 Å². The van der Waals surface area contributed by atoms with Crippen molar-refractivity contribution in [3.05, 3.63) is 58.0 Å². The molecule has 0 saturated carbocycles. The maximum absolute atomic E-state index is 13.4. The molecule has 0 aliphatic carbocycles. The summed E-state index contributed by atoms with van der Waals surface area (Å²) in [7, 11) is 1.66. The number of benzene rings is 1. The maximum Gasteiger partial charge on any atom is 0.328 e. The van der Waals surface area contributed by atoms with Gasteiger partial charge in [-0.05, 0) is 23.8 Å². The van der Waals surface area contributed by atoms with Crippen LogP contribution in [0.1, 0.15) is 11.1 Å². The number of hydrogen-bond acceptors (Lipinski definition) is 2. The van der Waals surface area contributed by atoms with E-state index < -0.39 is 5.82 Å². The largest absolute Gasteiger partial charge is 0.384 e. The van der Waals surface area contributed by atoms with E-state index >= 15 is 0 Å². The lowest BCUT2D eigenvalue weighted by Crippen LogP contribution is -2.22. The lowest BCUT2D eigenvalue weighted by Gasteiger charge is -2.03. The van der Waals surface area contributed by atoms with E-state index in [1.165, 1.54) is 21.3 Å². The van der Waals surface area contributed by atoms with Crippen molar-refractivity contribution < 1.29 is 9.50 Å². The van der Waals surface area contributed by atoms with Gasteiger partial charge in [-0.15, -0.1) is 0 Å². The molecule has 0 aliphatic heterocycles. The van der Waals surface area contributed by atoms with Gasteiger partial charge in [0, 0.05) is 25.0 Å². The second kappa shape index (κ2) is 5.55. The Hall–Kier alpha value is -2.32. The molecule has 0 aliphatic rings. The Bertz CT molecular complexity index is 704. The van der Waals surface area contributed by atoms with Gasteiger partial charge in [0.2, 0.25) is 0 Å². The lowest BCUT2D eigenvalue weighted by molar-refractivity contribution is 0.350. The zero-order chi connectivity index (χ0) is 13.8. The second-order valence-corrected chi connectivity index (χ2v) is 4.13. The molecule has 0 spiro atoms. The molecule has 0 saturated heterocycles. The van der Waals surface area contributed by atoms with Gasteiger partial charge in [0.1, 0.15) is 12.4 Å². The van der Waals surface area contributed by atoms with Crippen LogP contribution in [-0.2, 0) is 13.6 Å². The average Bonchev–Trinajstić information content (AvgIpc) is 2.68. The van der Waals surface area contributed by atoms with Crippen LogP contribution in [0.5, 0.6) is 0 Å². The van der Waals surface area contributed by atoms with Crippen LogP contribution in [-0.4, -0.2) is 20.8 Å². The third-order valence-corrected chi connectivity index (χ3v) is 2.64. The smallest absolute Gasteiger partial charge is 0.328 e. The van der Waals surface area contributed by atoms with Crippen molar-refractivity contribution in [2.24, 2.45) is 7.05 Å². The van der Waals surface area contributed by atoms with Gasteiger partial charge in [-0.1, -0.05) is 11.8 Å². The fourth-order valence-electron chi connectivity index (χ4n) is 1.78. The zero-order valence-corrected chi connectivity index (χ0v) is 10.4. The number of hydrogen-bond donors (Lipinski definition) is 1. The summed E-state index contributed by atoms with van der Waals surface area (Å²) in [6, 6.07) is 4.36. The van der Waals surface area contributed by atoms with Crippen molar-refractivity contribution in [1.29, 1.82) is 0 Å². The van der Waals surface area contributed by atoms with Gasteiger partial charge in [0.05, 0.1) is 6.54 Å². The molecule has 1 N–H and O–H groups in total. The Kier molecular flexibility index (Phi) is 3.83. The highest BCUT2D eigenvalue weighted by molar-refractivity contribution is 5.37. The van der Waals surface area contributed by atoms with Crippen LogP contribution in [0, 0.1) is 17.7 Å². The van der Waals surface area contributed by atoms with Crippen molar-refractivity contribution in [2.45, 2.75) is 6.54 Å². The van der Waals surface area contributed by atoms with E-state index in [0.29, 0.717) is 11.1 Å². The molecule has 0 radical (unpaired) electrons. The van der Waals surface area contributed by atoms with Gasteiger partial charge < -0.3 is 9.67 Å². The van der Waals surface area contributed by atoms with Crippen molar-refractivity contribution in [3.8, 4) is 11.8 Å². The highest BCUT2D eigenvalue weighted by Gasteiger charge is 2.04. The standard InChI is InChI=1S/C14H13FN2O2/c1-16-4-5-17(14(16)19)10-12-7-11(3-2-6-18)8-13(15)9-12/h4-5,7-9,18H,6,10H2,1H3. The van der Waals surface area contributed by atoms with Crippen LogP contribution in [0.25, 0.3) is 0 Å². The maximum atomic E-state index is 13.4. The Labute approximate surface area is 109 Å². The third kappa shape index (κ3) is 3.12. The number of aryl methyl sites for hydroxylation is 1. The monoisotopic (exact) mass is 260 g/mol. The molecule has 5 heteroatoms. The fourth-order valence-corrected chi connectivity index (χ4v) is 1.78. The third-order valence-electron chi connectivity index (χ3n) is 2.64.